The van der Waals surface area contributed by atoms with Gasteiger partial charge >= 0.3 is 0 Å². The van der Waals surface area contributed by atoms with Gasteiger partial charge in [-0.2, -0.15) is 4.83 Å². The van der Waals surface area contributed by atoms with Crippen LogP contribution in [-0.2, 0) is 22.5 Å². The molecule has 2 N–H and O–H groups in total. The number of carbonyl (C=O) groups is 1. The van der Waals surface area contributed by atoms with Crippen molar-refractivity contribution in [2.45, 2.75) is 78.3 Å². The largest absolute Gasteiger partial charge is 0.759 e. The lowest BCUT2D eigenvalue weighted by Gasteiger charge is -2.31. The maximum atomic E-state index is 12.5. The molecule has 1 amide bonds. The van der Waals surface area contributed by atoms with Crippen molar-refractivity contribution in [2.24, 2.45) is 0 Å². The van der Waals surface area contributed by atoms with Crippen molar-refractivity contribution < 1.29 is 18.3 Å². The molecule has 7 nitrogen and oxygen atoms in total. The van der Waals surface area contributed by atoms with E-state index in [-0.39, 0.29) is 29.4 Å². The first-order chi connectivity index (χ1) is 14.2. The molecule has 170 valence electrons. The van der Waals surface area contributed by atoms with E-state index >= 15 is 0 Å². The van der Waals surface area contributed by atoms with Crippen LogP contribution in [0.1, 0.15) is 70.9 Å². The zero-order chi connectivity index (χ0) is 22.7. The molecule has 0 aliphatic heterocycles. The molecule has 2 unspecified atom stereocenters. The van der Waals surface area contributed by atoms with E-state index in [9.17, 15) is 13.6 Å². The molecule has 0 aliphatic carbocycles. The van der Waals surface area contributed by atoms with Gasteiger partial charge < -0.3 is 14.6 Å². The number of ether oxygens (including phenoxy) is 1. The Morgan fingerprint density at radius 1 is 1.27 bits per heavy atom. The van der Waals surface area contributed by atoms with Gasteiger partial charge in [-0.15, -0.1) is 0 Å². The molecule has 1 aromatic carbocycles. The molecule has 1 aromatic rings. The minimum Gasteiger partial charge on any atom is -0.759 e. The first-order valence-corrected chi connectivity index (χ1v) is 11.8. The van der Waals surface area contributed by atoms with Crippen molar-refractivity contribution in [3.8, 4) is 5.75 Å². The summed E-state index contributed by atoms with van der Waals surface area (Å²) in [6.07, 6.45) is 5.88. The summed E-state index contributed by atoms with van der Waals surface area (Å²) in [5, 5.41) is 4.42. The summed E-state index contributed by atoms with van der Waals surface area (Å²) in [5.41, 5.74) is 1.33. The monoisotopic (exact) mass is 456 g/mol. The predicted octanol–water partition coefficient (Wildman–Crippen LogP) is 3.40. The average Bonchev–Trinajstić information content (AvgIpc) is 2.68. The normalized spacial score (nSPS) is 13.0. The Morgan fingerprint density at radius 3 is 2.53 bits per heavy atom. The molecule has 0 spiro atoms. The minimum atomic E-state index is -2.51. The van der Waals surface area contributed by atoms with E-state index in [1.807, 2.05) is 26.8 Å². The minimum absolute atomic E-state index is 0.0560. The van der Waals surface area contributed by atoms with E-state index in [1.54, 1.807) is 12.1 Å². The molecule has 0 heterocycles. The first-order valence-electron chi connectivity index (χ1n) is 10.3. The van der Waals surface area contributed by atoms with Crippen molar-refractivity contribution >= 4 is 34.4 Å². The highest BCUT2D eigenvalue weighted by molar-refractivity contribution is 7.81. The van der Waals surface area contributed by atoms with Crippen molar-refractivity contribution in [3.05, 3.63) is 29.3 Å². The lowest BCUT2D eigenvalue weighted by Crippen LogP contribution is -2.47. The van der Waals surface area contributed by atoms with Crippen molar-refractivity contribution in [1.29, 1.82) is 0 Å². The van der Waals surface area contributed by atoms with Crippen LogP contribution in [0.2, 0.25) is 0 Å². The van der Waals surface area contributed by atoms with E-state index in [2.05, 4.69) is 17.1 Å². The molecule has 0 aromatic heterocycles. The number of methoxy groups -OCH3 is 1. The Hall–Kier alpha value is -1.55. The number of hydrogen-bond donors (Lipinski definition) is 2. The third kappa shape index (κ3) is 9.07. The van der Waals surface area contributed by atoms with E-state index in [0.717, 1.165) is 18.4 Å². The summed E-state index contributed by atoms with van der Waals surface area (Å²) in [7, 11) is 1.52. The van der Waals surface area contributed by atoms with Gasteiger partial charge in [0.2, 0.25) is 5.91 Å². The van der Waals surface area contributed by atoms with Crippen LogP contribution >= 0.6 is 12.2 Å². The van der Waals surface area contributed by atoms with E-state index < -0.39 is 11.3 Å². The number of thiocarbonyl (C=S) groups is 1. The van der Waals surface area contributed by atoms with Crippen LogP contribution in [0.15, 0.2) is 18.2 Å². The summed E-state index contributed by atoms with van der Waals surface area (Å²) in [4.78, 5) is 15.0. The van der Waals surface area contributed by atoms with Gasteiger partial charge in [-0.1, -0.05) is 50.9 Å². The third-order valence-electron chi connectivity index (χ3n) is 4.67. The fraction of sp³-hybridized carbons (Fsp3) is 0.619. The molecule has 2 atom stereocenters. The molecule has 0 bridgehead atoms. The lowest BCUT2D eigenvalue weighted by atomic mass is 10.0. The van der Waals surface area contributed by atoms with E-state index in [1.165, 1.54) is 31.4 Å². The molecule has 1 rings (SSSR count). The Bertz CT molecular complexity index is 728. The first kappa shape index (κ1) is 26.5. The standard InChI is InChI=1S/C21H35N3O4S2/c1-6-7-8-9-10-16(4)22-20(25)14-17-11-12-19(28-5)18(13-17)21(29)24(15(2)3)23-30(26)27/h11-13,15-16,23H,6-10,14H2,1-5H3,(H,22,25)(H,26,27)/p-1. The van der Waals surface area contributed by atoms with E-state index in [0.29, 0.717) is 11.3 Å². The molecule has 0 saturated carbocycles. The fourth-order valence-electron chi connectivity index (χ4n) is 3.08. The van der Waals surface area contributed by atoms with Gasteiger partial charge in [0.05, 0.1) is 19.1 Å². The summed E-state index contributed by atoms with van der Waals surface area (Å²) < 4.78 is 27.7. The number of rotatable bonds is 13. The summed E-state index contributed by atoms with van der Waals surface area (Å²) in [5.74, 6) is 0.456. The smallest absolute Gasteiger partial charge is 0.224 e. The number of nitrogens with zero attached hydrogens (tertiary/aromatic N) is 1. The van der Waals surface area contributed by atoms with Crippen LogP contribution in [0.4, 0.5) is 0 Å². The van der Waals surface area contributed by atoms with Crippen LogP contribution in [0.5, 0.6) is 5.75 Å². The van der Waals surface area contributed by atoms with Crippen LogP contribution < -0.4 is 14.9 Å². The maximum Gasteiger partial charge on any atom is 0.224 e. The SMILES string of the molecule is CCCCCCC(C)NC(=O)Cc1ccc(OC)c(C(=S)N(NS(=O)[O-])C(C)C)c1. The molecule has 0 saturated heterocycles. The zero-order valence-electron chi connectivity index (χ0n) is 18.5. The molecular formula is C21H34N3O4S2-. The van der Waals surface area contributed by atoms with Crippen LogP contribution in [0, 0.1) is 0 Å². The fourth-order valence-corrected chi connectivity index (χ4v) is 4.02. The number of hydrazine groups is 1. The topological polar surface area (TPSA) is 93.7 Å². The molecular weight excluding hydrogens is 422 g/mol. The highest BCUT2D eigenvalue weighted by Crippen LogP contribution is 2.23. The van der Waals surface area contributed by atoms with E-state index in [4.69, 9.17) is 17.0 Å². The highest BCUT2D eigenvalue weighted by Gasteiger charge is 2.20. The van der Waals surface area contributed by atoms with Gasteiger partial charge in [-0.3, -0.25) is 14.0 Å². The van der Waals surface area contributed by atoms with Crippen molar-refractivity contribution in [2.75, 3.05) is 7.11 Å². The molecule has 30 heavy (non-hydrogen) atoms. The Balaban J connectivity index is 2.87. The maximum absolute atomic E-state index is 12.5. The Kier molecular flexibility index (Phi) is 12.1. The summed E-state index contributed by atoms with van der Waals surface area (Å²) >= 11 is 3.00. The summed E-state index contributed by atoms with van der Waals surface area (Å²) in [6, 6.07) is 5.25. The average molecular weight is 457 g/mol. The highest BCUT2D eigenvalue weighted by atomic mass is 32.2. The van der Waals surface area contributed by atoms with Gasteiger partial charge in [-0.05, 0) is 44.9 Å². The van der Waals surface area contributed by atoms with Gasteiger partial charge in [0.15, 0.2) is 0 Å². The number of hydrogen-bond acceptors (Lipinski definition) is 5. The lowest BCUT2D eigenvalue weighted by molar-refractivity contribution is -0.121. The van der Waals surface area contributed by atoms with Gasteiger partial charge in [0.25, 0.3) is 0 Å². The number of amides is 1. The second-order valence-corrected chi connectivity index (χ2v) is 8.66. The Morgan fingerprint density at radius 2 is 1.97 bits per heavy atom. The zero-order valence-corrected chi connectivity index (χ0v) is 20.2. The third-order valence-corrected chi connectivity index (χ3v) is 5.43. The number of benzene rings is 1. The number of carbonyl (C=O) groups excluding carboxylic acids is 1. The molecule has 0 radical (unpaired) electrons. The number of unbranched alkanes of at least 4 members (excludes halogenated alkanes) is 3. The van der Waals surface area contributed by atoms with Crippen molar-refractivity contribution in [1.82, 2.24) is 15.2 Å². The van der Waals surface area contributed by atoms with Crippen LogP contribution in [0.3, 0.4) is 0 Å². The molecule has 0 fully saturated rings. The number of nitrogens with one attached hydrogen (secondary N) is 2. The van der Waals surface area contributed by atoms with Gasteiger partial charge in [0, 0.05) is 23.4 Å². The Labute approximate surface area is 188 Å². The van der Waals surface area contributed by atoms with Gasteiger partial charge in [-0.25, -0.2) is 0 Å². The van der Waals surface area contributed by atoms with Crippen LogP contribution in [0.25, 0.3) is 0 Å². The van der Waals surface area contributed by atoms with Crippen molar-refractivity contribution in [3.63, 3.8) is 0 Å². The van der Waals surface area contributed by atoms with Gasteiger partial charge in [0.1, 0.15) is 10.7 Å². The molecule has 9 heteroatoms. The second-order valence-electron chi connectivity index (χ2n) is 7.62. The van der Waals surface area contributed by atoms with Crippen LogP contribution in [-0.4, -0.2) is 43.9 Å². The molecule has 0 aliphatic rings. The quantitative estimate of drug-likeness (QED) is 0.204. The predicted molar refractivity (Wildman–Crippen MR) is 124 cm³/mol. The summed E-state index contributed by atoms with van der Waals surface area (Å²) in [6.45, 7) is 7.83. The second kappa shape index (κ2) is 13.7.